The lowest BCUT2D eigenvalue weighted by atomic mass is 9.83. The van der Waals surface area contributed by atoms with Gasteiger partial charge in [0.1, 0.15) is 0 Å². The van der Waals surface area contributed by atoms with Gasteiger partial charge in [-0.15, -0.1) is 11.3 Å². The first-order valence-electron chi connectivity index (χ1n) is 9.94. The van der Waals surface area contributed by atoms with Crippen molar-refractivity contribution >= 4 is 43.5 Å². The van der Waals surface area contributed by atoms with Gasteiger partial charge in [-0.2, -0.15) is 0 Å². The molecule has 2 aromatic carbocycles. The molecule has 0 N–H and O–H groups in total. The van der Waals surface area contributed by atoms with Crippen molar-refractivity contribution < 1.29 is 14.3 Å². The molecular formula is C23H24BrNO3S. The Hall–Kier alpha value is -1.76. The van der Waals surface area contributed by atoms with E-state index in [0.29, 0.717) is 24.0 Å². The van der Waals surface area contributed by atoms with Crippen LogP contribution in [0.4, 0.5) is 0 Å². The molecule has 0 unspecified atom stereocenters. The van der Waals surface area contributed by atoms with Crippen molar-refractivity contribution in [2.75, 3.05) is 13.7 Å². The van der Waals surface area contributed by atoms with E-state index in [9.17, 15) is 4.79 Å². The van der Waals surface area contributed by atoms with E-state index in [2.05, 4.69) is 40.2 Å². The van der Waals surface area contributed by atoms with E-state index in [1.165, 1.54) is 30.5 Å². The first-order chi connectivity index (χ1) is 14.1. The number of carbonyl (C=O) groups is 1. The highest BCUT2D eigenvalue weighted by Gasteiger charge is 2.25. The summed E-state index contributed by atoms with van der Waals surface area (Å²) >= 11 is 5.21. The predicted molar refractivity (Wildman–Crippen MR) is 119 cm³/mol. The maximum Gasteiger partial charge on any atom is 0.339 e. The Kier molecular flexibility index (Phi) is 6.63. The molecule has 0 atom stereocenters. The minimum atomic E-state index is -0.343. The second-order valence-electron chi connectivity index (χ2n) is 7.56. The van der Waals surface area contributed by atoms with Crippen LogP contribution in [0.5, 0.6) is 0 Å². The predicted octanol–water partition coefficient (Wildman–Crippen LogP) is 6.34. The Morgan fingerprint density at radius 1 is 1.17 bits per heavy atom. The van der Waals surface area contributed by atoms with Crippen LogP contribution >= 0.6 is 27.3 Å². The van der Waals surface area contributed by atoms with Gasteiger partial charge in [0.15, 0.2) is 0 Å². The van der Waals surface area contributed by atoms with Crippen molar-refractivity contribution in [2.24, 2.45) is 5.92 Å². The van der Waals surface area contributed by atoms with Crippen molar-refractivity contribution in [1.29, 1.82) is 0 Å². The summed E-state index contributed by atoms with van der Waals surface area (Å²) < 4.78 is 12.7. The first-order valence-corrected chi connectivity index (χ1v) is 11.5. The maximum atomic E-state index is 11.9. The molecule has 0 bridgehead atoms. The summed E-state index contributed by atoms with van der Waals surface area (Å²) in [6.45, 7) is 1.52. The van der Waals surface area contributed by atoms with Crippen LogP contribution in [0.1, 0.15) is 52.5 Å². The number of hydrogen-bond donors (Lipinski definition) is 0. The third-order valence-corrected chi connectivity index (χ3v) is 7.40. The number of thiazole rings is 1. The van der Waals surface area contributed by atoms with Gasteiger partial charge in [-0.25, -0.2) is 9.78 Å². The number of aromatic nitrogens is 1. The van der Waals surface area contributed by atoms with Crippen LogP contribution in [0.15, 0.2) is 46.9 Å². The molecule has 1 fully saturated rings. The van der Waals surface area contributed by atoms with Gasteiger partial charge in [0.2, 0.25) is 0 Å². The third kappa shape index (κ3) is 4.87. The van der Waals surface area contributed by atoms with Gasteiger partial charge in [-0.1, -0.05) is 30.3 Å². The normalized spacial score (nSPS) is 19.4. The number of benzene rings is 2. The molecule has 29 heavy (non-hydrogen) atoms. The van der Waals surface area contributed by atoms with E-state index in [4.69, 9.17) is 14.5 Å². The maximum absolute atomic E-state index is 11.9. The van der Waals surface area contributed by atoms with Crippen LogP contribution < -0.4 is 0 Å². The fraction of sp³-hybridized carbons (Fsp3) is 0.391. The Labute approximate surface area is 183 Å². The lowest BCUT2D eigenvalue weighted by Crippen LogP contribution is -2.17. The highest BCUT2D eigenvalue weighted by atomic mass is 79.9. The summed E-state index contributed by atoms with van der Waals surface area (Å²) in [5.74, 6) is 0.784. The highest BCUT2D eigenvalue weighted by Crippen LogP contribution is 2.40. The van der Waals surface area contributed by atoms with Crippen LogP contribution in [0, 0.1) is 5.92 Å². The molecule has 1 aliphatic rings. The van der Waals surface area contributed by atoms with E-state index in [1.807, 2.05) is 18.2 Å². The molecule has 1 heterocycles. The zero-order chi connectivity index (χ0) is 20.2. The summed E-state index contributed by atoms with van der Waals surface area (Å²) in [7, 11) is 1.40. The van der Waals surface area contributed by atoms with Crippen molar-refractivity contribution in [2.45, 2.75) is 38.2 Å². The lowest BCUT2D eigenvalue weighted by Gasteiger charge is -2.27. The van der Waals surface area contributed by atoms with Crippen LogP contribution in [-0.4, -0.2) is 24.7 Å². The fourth-order valence-corrected chi connectivity index (χ4v) is 5.72. The summed E-state index contributed by atoms with van der Waals surface area (Å²) in [5, 5.41) is 1.18. The van der Waals surface area contributed by atoms with Gasteiger partial charge in [-0.3, -0.25) is 0 Å². The Morgan fingerprint density at radius 3 is 2.66 bits per heavy atom. The zero-order valence-corrected chi connectivity index (χ0v) is 18.8. The number of fused-ring (bicyclic) bond motifs is 1. The number of hydrogen-bond acceptors (Lipinski definition) is 5. The largest absolute Gasteiger partial charge is 0.465 e. The molecule has 0 saturated heterocycles. The molecule has 0 amide bonds. The Bertz CT molecular complexity index is 980. The number of halogens is 1. The molecular weight excluding hydrogens is 450 g/mol. The van der Waals surface area contributed by atoms with E-state index in [1.54, 1.807) is 11.3 Å². The zero-order valence-electron chi connectivity index (χ0n) is 16.4. The third-order valence-electron chi connectivity index (χ3n) is 5.56. The molecule has 3 aromatic rings. The summed E-state index contributed by atoms with van der Waals surface area (Å²) in [6, 6.07) is 14.1. The number of carbonyl (C=O) groups excluding carboxylic acids is 1. The van der Waals surface area contributed by atoms with Gasteiger partial charge in [0, 0.05) is 17.0 Å². The van der Waals surface area contributed by atoms with E-state index >= 15 is 0 Å². The van der Waals surface area contributed by atoms with Gasteiger partial charge in [0.05, 0.1) is 34.5 Å². The topological polar surface area (TPSA) is 48.4 Å². The highest BCUT2D eigenvalue weighted by molar-refractivity contribution is 9.10. The quantitative estimate of drug-likeness (QED) is 0.392. The SMILES string of the molecule is COC(=O)c1cc2nc(C3CCC(COCc4ccccc4)CC3)sc2cc1Br. The molecule has 1 aromatic heterocycles. The van der Waals surface area contributed by atoms with Crippen LogP contribution in [0.2, 0.25) is 0 Å². The summed E-state index contributed by atoms with van der Waals surface area (Å²) in [5.41, 5.74) is 2.63. The van der Waals surface area contributed by atoms with Gasteiger partial charge in [0.25, 0.3) is 0 Å². The summed E-state index contributed by atoms with van der Waals surface area (Å²) in [6.07, 6.45) is 4.63. The molecule has 0 radical (unpaired) electrons. The van der Waals surface area contributed by atoms with Gasteiger partial charge >= 0.3 is 5.97 Å². The minimum absolute atomic E-state index is 0.343. The first kappa shape index (κ1) is 20.5. The molecule has 0 spiro atoms. The number of rotatable bonds is 6. The monoisotopic (exact) mass is 473 g/mol. The summed E-state index contributed by atoms with van der Waals surface area (Å²) in [4.78, 5) is 16.8. The number of esters is 1. The van der Waals surface area contributed by atoms with Crippen molar-refractivity contribution in [3.05, 3.63) is 63.1 Å². The average molecular weight is 474 g/mol. The smallest absolute Gasteiger partial charge is 0.339 e. The van der Waals surface area contributed by atoms with Crippen LogP contribution in [-0.2, 0) is 16.1 Å². The Morgan fingerprint density at radius 2 is 1.93 bits per heavy atom. The van der Waals surface area contributed by atoms with Crippen molar-refractivity contribution in [3.63, 3.8) is 0 Å². The average Bonchev–Trinajstić information content (AvgIpc) is 3.16. The second-order valence-corrected chi connectivity index (χ2v) is 9.48. The fourth-order valence-electron chi connectivity index (χ4n) is 3.90. The minimum Gasteiger partial charge on any atom is -0.465 e. The van der Waals surface area contributed by atoms with E-state index < -0.39 is 0 Å². The molecule has 6 heteroatoms. The van der Waals surface area contributed by atoms with Crippen LogP contribution in [0.25, 0.3) is 10.2 Å². The molecule has 0 aliphatic heterocycles. The van der Waals surface area contributed by atoms with E-state index in [0.717, 1.165) is 34.1 Å². The molecule has 1 saturated carbocycles. The number of methoxy groups -OCH3 is 1. The molecule has 1 aliphatic carbocycles. The Balaban J connectivity index is 1.34. The number of ether oxygens (including phenoxy) is 2. The number of nitrogens with zero attached hydrogens (tertiary/aromatic N) is 1. The van der Waals surface area contributed by atoms with Crippen molar-refractivity contribution in [3.8, 4) is 0 Å². The second kappa shape index (κ2) is 9.37. The molecule has 4 rings (SSSR count). The van der Waals surface area contributed by atoms with Gasteiger partial charge in [-0.05, 0) is 65.2 Å². The van der Waals surface area contributed by atoms with E-state index in [-0.39, 0.29) is 5.97 Å². The van der Waals surface area contributed by atoms with Crippen LogP contribution in [0.3, 0.4) is 0 Å². The molecule has 4 nitrogen and oxygen atoms in total. The standard InChI is InChI=1S/C23H24BrNO3S/c1-27-23(26)18-11-20-21(12-19(18)24)29-22(25-20)17-9-7-16(8-10-17)14-28-13-15-5-3-2-4-6-15/h2-6,11-12,16-17H,7-10,13-14H2,1H3. The van der Waals surface area contributed by atoms with Crippen molar-refractivity contribution in [1.82, 2.24) is 4.98 Å². The lowest BCUT2D eigenvalue weighted by molar-refractivity contribution is 0.0600. The van der Waals surface area contributed by atoms with Gasteiger partial charge < -0.3 is 9.47 Å². The molecule has 152 valence electrons.